The molecule has 2 heterocycles. The zero-order valence-electron chi connectivity index (χ0n) is 8.56. The van der Waals surface area contributed by atoms with Gasteiger partial charge in [-0.15, -0.1) is 0 Å². The predicted molar refractivity (Wildman–Crippen MR) is 60.7 cm³/mol. The van der Waals surface area contributed by atoms with Gasteiger partial charge in [-0.3, -0.25) is 4.79 Å². The minimum atomic E-state index is -0.430. The molecule has 6 heteroatoms. The smallest absolute Gasteiger partial charge is 0.225 e. The Labute approximate surface area is 92.1 Å². The minimum Gasteiger partial charge on any atom is -0.389 e. The summed E-state index contributed by atoms with van der Waals surface area (Å²) in [6, 6.07) is 0. The summed E-state index contributed by atoms with van der Waals surface area (Å²) in [6.45, 7) is 3.34. The van der Waals surface area contributed by atoms with E-state index in [4.69, 9.17) is 11.5 Å². The van der Waals surface area contributed by atoms with Crippen LogP contribution in [0.1, 0.15) is 13.3 Å². The van der Waals surface area contributed by atoms with Gasteiger partial charge in [-0.1, -0.05) is 11.3 Å². The first-order chi connectivity index (χ1) is 7.01. The van der Waals surface area contributed by atoms with Crippen molar-refractivity contribution >= 4 is 27.4 Å². The lowest BCUT2D eigenvalue weighted by Gasteiger charge is -2.20. The SMILES string of the molecule is CC1(C(N)=O)CCN(c2ncc(N)s2)C1. The molecule has 1 amide bonds. The van der Waals surface area contributed by atoms with Crippen LogP contribution >= 0.6 is 11.3 Å². The molecule has 1 atom stereocenters. The summed E-state index contributed by atoms with van der Waals surface area (Å²) < 4.78 is 0. The Morgan fingerprint density at radius 3 is 2.93 bits per heavy atom. The van der Waals surface area contributed by atoms with Crippen molar-refractivity contribution in [2.24, 2.45) is 11.1 Å². The van der Waals surface area contributed by atoms with E-state index >= 15 is 0 Å². The van der Waals surface area contributed by atoms with Gasteiger partial charge in [0.15, 0.2) is 5.13 Å². The first-order valence-electron chi connectivity index (χ1n) is 4.77. The molecule has 0 aromatic carbocycles. The number of rotatable bonds is 2. The number of amides is 1. The van der Waals surface area contributed by atoms with E-state index in [1.165, 1.54) is 11.3 Å². The van der Waals surface area contributed by atoms with Crippen LogP contribution in [0.15, 0.2) is 6.20 Å². The lowest BCUT2D eigenvalue weighted by molar-refractivity contribution is -0.125. The molecule has 82 valence electrons. The first kappa shape index (κ1) is 10.2. The van der Waals surface area contributed by atoms with Gasteiger partial charge in [0.25, 0.3) is 0 Å². The number of anilines is 2. The fourth-order valence-electron chi connectivity index (χ4n) is 1.75. The molecule has 15 heavy (non-hydrogen) atoms. The molecule has 5 nitrogen and oxygen atoms in total. The molecule has 0 spiro atoms. The third-order valence-corrected chi connectivity index (χ3v) is 3.74. The van der Waals surface area contributed by atoms with Crippen LogP contribution in [0.5, 0.6) is 0 Å². The molecule has 1 aliphatic heterocycles. The maximum Gasteiger partial charge on any atom is 0.225 e. The van der Waals surface area contributed by atoms with Crippen molar-refractivity contribution in [1.29, 1.82) is 0 Å². The van der Waals surface area contributed by atoms with Crippen molar-refractivity contribution in [3.63, 3.8) is 0 Å². The second kappa shape index (κ2) is 3.37. The van der Waals surface area contributed by atoms with Crippen molar-refractivity contribution in [3.05, 3.63) is 6.20 Å². The van der Waals surface area contributed by atoms with E-state index in [1.54, 1.807) is 6.20 Å². The highest BCUT2D eigenvalue weighted by Crippen LogP contribution is 2.35. The largest absolute Gasteiger partial charge is 0.389 e. The molecule has 1 saturated heterocycles. The number of primary amides is 1. The second-order valence-corrected chi connectivity index (χ2v) is 5.18. The normalized spacial score (nSPS) is 25.8. The summed E-state index contributed by atoms with van der Waals surface area (Å²) in [7, 11) is 0. The van der Waals surface area contributed by atoms with E-state index in [1.807, 2.05) is 6.92 Å². The number of nitrogens with zero attached hydrogens (tertiary/aromatic N) is 2. The highest BCUT2D eigenvalue weighted by molar-refractivity contribution is 7.19. The van der Waals surface area contributed by atoms with Gasteiger partial charge in [0.05, 0.1) is 11.6 Å². The van der Waals surface area contributed by atoms with Crippen LogP contribution in [0, 0.1) is 5.41 Å². The van der Waals surface area contributed by atoms with Crippen molar-refractivity contribution in [1.82, 2.24) is 4.98 Å². The topological polar surface area (TPSA) is 85.2 Å². The maximum absolute atomic E-state index is 11.3. The standard InChI is InChI=1S/C9H14N4OS/c1-9(7(11)14)2-3-13(5-9)8-12-4-6(10)15-8/h4H,2-3,5,10H2,1H3,(H2,11,14). The summed E-state index contributed by atoms with van der Waals surface area (Å²) in [5.41, 5.74) is 10.6. The summed E-state index contributed by atoms with van der Waals surface area (Å²) in [4.78, 5) is 17.5. The third-order valence-electron chi connectivity index (χ3n) is 2.85. The Kier molecular flexibility index (Phi) is 2.30. The fourth-order valence-corrected chi connectivity index (χ4v) is 2.46. The van der Waals surface area contributed by atoms with Gasteiger partial charge < -0.3 is 16.4 Å². The van der Waals surface area contributed by atoms with Gasteiger partial charge in [-0.05, 0) is 13.3 Å². The predicted octanol–water partition coefficient (Wildman–Crippen LogP) is 0.427. The van der Waals surface area contributed by atoms with E-state index in [-0.39, 0.29) is 5.91 Å². The number of nitrogen functional groups attached to an aromatic ring is 1. The van der Waals surface area contributed by atoms with Gasteiger partial charge in [0, 0.05) is 13.1 Å². The van der Waals surface area contributed by atoms with Crippen molar-refractivity contribution < 1.29 is 4.79 Å². The average molecular weight is 226 g/mol. The number of carbonyl (C=O) groups is 1. The average Bonchev–Trinajstić information content (AvgIpc) is 2.73. The highest BCUT2D eigenvalue weighted by Gasteiger charge is 2.39. The van der Waals surface area contributed by atoms with Gasteiger partial charge in [0.2, 0.25) is 5.91 Å². The lowest BCUT2D eigenvalue weighted by Crippen LogP contribution is -2.37. The zero-order chi connectivity index (χ0) is 11.1. The van der Waals surface area contributed by atoms with Crippen LogP contribution < -0.4 is 16.4 Å². The number of aromatic nitrogens is 1. The summed E-state index contributed by atoms with van der Waals surface area (Å²) in [5, 5.41) is 1.56. The molecule has 1 fully saturated rings. The van der Waals surface area contributed by atoms with Crippen LogP contribution in [0.4, 0.5) is 10.1 Å². The van der Waals surface area contributed by atoms with Gasteiger partial charge in [-0.25, -0.2) is 4.98 Å². The van der Waals surface area contributed by atoms with Gasteiger partial charge >= 0.3 is 0 Å². The maximum atomic E-state index is 11.3. The molecule has 1 aromatic heterocycles. The van der Waals surface area contributed by atoms with Crippen LogP contribution in [0.25, 0.3) is 0 Å². The second-order valence-electron chi connectivity index (χ2n) is 4.14. The van der Waals surface area contributed by atoms with Crippen LogP contribution in [-0.4, -0.2) is 24.0 Å². The molecule has 0 bridgehead atoms. The lowest BCUT2D eigenvalue weighted by atomic mass is 9.89. The molecular formula is C9H14N4OS. The molecule has 0 aliphatic carbocycles. The Morgan fingerprint density at radius 1 is 1.73 bits per heavy atom. The molecule has 0 radical (unpaired) electrons. The van der Waals surface area contributed by atoms with E-state index in [9.17, 15) is 4.79 Å². The highest BCUT2D eigenvalue weighted by atomic mass is 32.1. The fraction of sp³-hybridized carbons (Fsp3) is 0.556. The van der Waals surface area contributed by atoms with E-state index < -0.39 is 5.41 Å². The number of nitrogens with two attached hydrogens (primary N) is 2. The van der Waals surface area contributed by atoms with Crippen LogP contribution in [0.2, 0.25) is 0 Å². The summed E-state index contributed by atoms with van der Waals surface area (Å²) in [5.74, 6) is -0.241. The zero-order valence-corrected chi connectivity index (χ0v) is 9.38. The monoisotopic (exact) mass is 226 g/mol. The van der Waals surface area contributed by atoms with E-state index in [0.29, 0.717) is 11.5 Å². The van der Waals surface area contributed by atoms with Crippen molar-refractivity contribution in [3.8, 4) is 0 Å². The van der Waals surface area contributed by atoms with Crippen molar-refractivity contribution in [2.75, 3.05) is 23.7 Å². The Balaban J connectivity index is 2.14. The van der Waals surface area contributed by atoms with Crippen molar-refractivity contribution in [2.45, 2.75) is 13.3 Å². The molecule has 1 aromatic rings. The number of carbonyl (C=O) groups excluding carboxylic acids is 1. The molecule has 1 unspecified atom stereocenters. The Bertz CT molecular complexity index is 391. The molecule has 2 rings (SSSR count). The van der Waals surface area contributed by atoms with Crippen LogP contribution in [-0.2, 0) is 4.79 Å². The number of thiazole rings is 1. The number of hydrogen-bond acceptors (Lipinski definition) is 5. The van der Waals surface area contributed by atoms with Gasteiger partial charge in [-0.2, -0.15) is 0 Å². The Morgan fingerprint density at radius 2 is 2.47 bits per heavy atom. The molecule has 1 aliphatic rings. The molecule has 4 N–H and O–H groups in total. The Hall–Kier alpha value is -1.30. The first-order valence-corrected chi connectivity index (χ1v) is 5.59. The number of hydrogen-bond donors (Lipinski definition) is 2. The van der Waals surface area contributed by atoms with Crippen LogP contribution in [0.3, 0.4) is 0 Å². The third kappa shape index (κ3) is 1.77. The minimum absolute atomic E-state index is 0.241. The van der Waals surface area contributed by atoms with E-state index in [0.717, 1.165) is 18.1 Å². The quantitative estimate of drug-likeness (QED) is 0.765. The molecule has 0 saturated carbocycles. The van der Waals surface area contributed by atoms with E-state index in [2.05, 4.69) is 9.88 Å². The summed E-state index contributed by atoms with van der Waals surface area (Å²) >= 11 is 1.44. The summed E-state index contributed by atoms with van der Waals surface area (Å²) in [6.07, 6.45) is 2.42. The van der Waals surface area contributed by atoms with Gasteiger partial charge in [0.1, 0.15) is 5.00 Å². The molecular weight excluding hydrogens is 212 g/mol.